The molecule has 0 heterocycles. The van der Waals surface area contributed by atoms with Gasteiger partial charge in [-0.2, -0.15) is 0 Å². The van der Waals surface area contributed by atoms with Crippen LogP contribution in [0.15, 0.2) is 23.8 Å². The van der Waals surface area contributed by atoms with Crippen LogP contribution in [0, 0.1) is 5.92 Å². The molecule has 0 fully saturated rings. The number of likely N-dealkylation sites (N-methyl/N-ethyl adjacent to an activating group) is 1. The summed E-state index contributed by atoms with van der Waals surface area (Å²) in [5.41, 5.74) is 1.55. The average Bonchev–Trinajstić information content (AvgIpc) is 2.26. The molecule has 0 aromatic rings. The second-order valence-electron chi connectivity index (χ2n) is 5.34. The molecule has 0 aromatic carbocycles. The Bertz CT molecular complexity index is 276. The molecule has 0 radical (unpaired) electrons. The maximum Gasteiger partial charge on any atom is 0.0276 e. The van der Waals surface area contributed by atoms with E-state index in [1.54, 1.807) is 5.57 Å². The van der Waals surface area contributed by atoms with Gasteiger partial charge in [0.25, 0.3) is 0 Å². The van der Waals surface area contributed by atoms with Gasteiger partial charge in [0.05, 0.1) is 0 Å². The molecule has 0 aliphatic heterocycles. The maximum atomic E-state index is 2.34. The van der Waals surface area contributed by atoms with Crippen molar-refractivity contribution in [1.29, 1.82) is 0 Å². The van der Waals surface area contributed by atoms with Crippen molar-refractivity contribution in [2.24, 2.45) is 5.92 Å². The molecule has 1 aliphatic carbocycles. The zero-order valence-electron chi connectivity index (χ0n) is 11.6. The third-order valence-corrected chi connectivity index (χ3v) is 3.89. The fraction of sp³-hybridized carbons (Fsp3) is 0.714. The highest BCUT2D eigenvalue weighted by atomic mass is 15.1. The molecule has 1 rings (SSSR count). The van der Waals surface area contributed by atoms with Crippen molar-refractivity contribution in [3.05, 3.63) is 23.8 Å². The Morgan fingerprint density at radius 2 is 1.75 bits per heavy atom. The molecule has 0 spiro atoms. The number of nitrogens with zero attached hydrogens (tertiary/aromatic N) is 2. The number of allylic oxidation sites excluding steroid dienone is 2. The highest BCUT2D eigenvalue weighted by Crippen LogP contribution is 2.26. The second-order valence-corrected chi connectivity index (χ2v) is 5.34. The van der Waals surface area contributed by atoms with Crippen molar-refractivity contribution in [2.75, 3.05) is 28.2 Å². The molecule has 16 heavy (non-hydrogen) atoms. The van der Waals surface area contributed by atoms with Crippen molar-refractivity contribution < 1.29 is 0 Å². The van der Waals surface area contributed by atoms with Gasteiger partial charge < -0.3 is 9.80 Å². The smallest absolute Gasteiger partial charge is 0.0276 e. The van der Waals surface area contributed by atoms with Gasteiger partial charge in [-0.25, -0.2) is 0 Å². The van der Waals surface area contributed by atoms with Gasteiger partial charge in [0.15, 0.2) is 0 Å². The summed E-state index contributed by atoms with van der Waals surface area (Å²) < 4.78 is 0. The largest absolute Gasteiger partial charge is 0.306 e. The molecule has 0 aromatic heterocycles. The summed E-state index contributed by atoms with van der Waals surface area (Å²) in [5.74, 6) is 0.650. The Morgan fingerprint density at radius 1 is 1.12 bits per heavy atom. The van der Waals surface area contributed by atoms with Gasteiger partial charge in [0, 0.05) is 12.1 Å². The van der Waals surface area contributed by atoms with Crippen LogP contribution < -0.4 is 0 Å². The Labute approximate surface area is 101 Å². The van der Waals surface area contributed by atoms with E-state index in [0.717, 1.165) is 0 Å². The van der Waals surface area contributed by atoms with E-state index in [-0.39, 0.29) is 0 Å². The van der Waals surface area contributed by atoms with Crippen LogP contribution in [-0.2, 0) is 0 Å². The lowest BCUT2D eigenvalue weighted by Crippen LogP contribution is -2.35. The predicted molar refractivity (Wildman–Crippen MR) is 71.6 cm³/mol. The summed E-state index contributed by atoms with van der Waals surface area (Å²) in [6.45, 7) is 4.58. The molecule has 0 saturated heterocycles. The van der Waals surface area contributed by atoms with Gasteiger partial charge in [-0.05, 0) is 54.4 Å². The van der Waals surface area contributed by atoms with E-state index in [1.807, 2.05) is 0 Å². The van der Waals surface area contributed by atoms with Crippen molar-refractivity contribution in [1.82, 2.24) is 9.80 Å². The van der Waals surface area contributed by atoms with Crippen LogP contribution in [0.3, 0.4) is 0 Å². The molecule has 2 nitrogen and oxygen atoms in total. The van der Waals surface area contributed by atoms with Gasteiger partial charge in [-0.1, -0.05) is 23.8 Å². The van der Waals surface area contributed by atoms with Crippen LogP contribution in [0.4, 0.5) is 0 Å². The first-order chi connectivity index (χ1) is 7.43. The van der Waals surface area contributed by atoms with E-state index in [9.17, 15) is 0 Å². The summed E-state index contributed by atoms with van der Waals surface area (Å²) in [6.07, 6.45) is 8.04. The first-order valence-electron chi connectivity index (χ1n) is 6.13. The number of rotatable bonds is 4. The molecule has 0 N–H and O–H groups in total. The van der Waals surface area contributed by atoms with E-state index in [2.05, 4.69) is 70.1 Å². The Morgan fingerprint density at radius 3 is 2.25 bits per heavy atom. The van der Waals surface area contributed by atoms with Crippen molar-refractivity contribution in [3.63, 3.8) is 0 Å². The summed E-state index contributed by atoms with van der Waals surface area (Å²) in [5, 5.41) is 0. The van der Waals surface area contributed by atoms with E-state index in [0.29, 0.717) is 18.0 Å². The Kier molecular flexibility index (Phi) is 4.75. The molecule has 1 aliphatic rings. The van der Waals surface area contributed by atoms with Crippen LogP contribution in [0.2, 0.25) is 0 Å². The molecule has 2 heteroatoms. The number of hydrogen-bond donors (Lipinski definition) is 0. The van der Waals surface area contributed by atoms with Crippen LogP contribution in [-0.4, -0.2) is 50.1 Å². The van der Waals surface area contributed by atoms with Gasteiger partial charge in [0.2, 0.25) is 0 Å². The molecular weight excluding hydrogens is 196 g/mol. The minimum Gasteiger partial charge on any atom is -0.306 e. The normalized spacial score (nSPS) is 24.8. The first-order valence-corrected chi connectivity index (χ1v) is 6.13. The maximum absolute atomic E-state index is 2.34. The molecule has 92 valence electrons. The topological polar surface area (TPSA) is 6.48 Å². The Balaban J connectivity index is 2.67. The van der Waals surface area contributed by atoms with Crippen molar-refractivity contribution >= 4 is 0 Å². The van der Waals surface area contributed by atoms with E-state index < -0.39 is 0 Å². The average molecular weight is 222 g/mol. The van der Waals surface area contributed by atoms with Gasteiger partial charge in [0.1, 0.15) is 0 Å². The van der Waals surface area contributed by atoms with Gasteiger partial charge in [-0.15, -0.1) is 0 Å². The highest BCUT2D eigenvalue weighted by molar-refractivity contribution is 5.24. The predicted octanol–water partition coefficient (Wildman–Crippen LogP) is 2.39. The molecule has 0 bridgehead atoms. The van der Waals surface area contributed by atoms with Gasteiger partial charge >= 0.3 is 0 Å². The van der Waals surface area contributed by atoms with Crippen LogP contribution in [0.1, 0.15) is 20.3 Å². The van der Waals surface area contributed by atoms with Crippen LogP contribution in [0.5, 0.6) is 0 Å². The number of hydrogen-bond acceptors (Lipinski definition) is 2. The summed E-state index contributed by atoms with van der Waals surface area (Å²) in [7, 11) is 8.61. The molecule has 3 atom stereocenters. The summed E-state index contributed by atoms with van der Waals surface area (Å²) in [6, 6.07) is 1.15. The van der Waals surface area contributed by atoms with Gasteiger partial charge in [-0.3, -0.25) is 0 Å². The van der Waals surface area contributed by atoms with E-state index in [4.69, 9.17) is 0 Å². The first kappa shape index (κ1) is 13.5. The van der Waals surface area contributed by atoms with Crippen LogP contribution >= 0.6 is 0 Å². The fourth-order valence-corrected chi connectivity index (χ4v) is 2.09. The van der Waals surface area contributed by atoms with E-state index in [1.165, 1.54) is 6.42 Å². The summed E-state index contributed by atoms with van der Waals surface area (Å²) in [4.78, 5) is 4.58. The van der Waals surface area contributed by atoms with Crippen LogP contribution in [0.25, 0.3) is 0 Å². The fourth-order valence-electron chi connectivity index (χ4n) is 2.09. The van der Waals surface area contributed by atoms with E-state index >= 15 is 0 Å². The zero-order chi connectivity index (χ0) is 12.3. The lowest BCUT2D eigenvalue weighted by Gasteiger charge is -2.32. The molecule has 0 saturated carbocycles. The third kappa shape index (κ3) is 3.19. The monoisotopic (exact) mass is 222 g/mol. The SMILES string of the molecule is CC(C1=CC=CC(C(C)N(C)C)C1)N(C)C. The lowest BCUT2D eigenvalue weighted by molar-refractivity contribution is 0.246. The van der Waals surface area contributed by atoms with Crippen molar-refractivity contribution in [3.8, 4) is 0 Å². The zero-order valence-corrected chi connectivity index (χ0v) is 11.6. The van der Waals surface area contributed by atoms with Crippen molar-refractivity contribution in [2.45, 2.75) is 32.4 Å². The lowest BCUT2D eigenvalue weighted by atomic mass is 9.86. The second kappa shape index (κ2) is 5.65. The standard InChI is InChI=1S/C14H26N2/c1-11(15(3)4)13-8-7-9-14(10-13)12(2)16(5)6/h7-9,11-13H,10H2,1-6H3. The summed E-state index contributed by atoms with van der Waals surface area (Å²) >= 11 is 0. The molecule has 3 unspecified atom stereocenters. The third-order valence-electron chi connectivity index (χ3n) is 3.89. The minimum atomic E-state index is 0.543. The minimum absolute atomic E-state index is 0.543. The molecule has 0 amide bonds. The Hall–Kier alpha value is -0.600. The molecular formula is C14H26N2. The quantitative estimate of drug-likeness (QED) is 0.720. The highest BCUT2D eigenvalue weighted by Gasteiger charge is 2.22.